The molecule has 1 amide bonds. The topological polar surface area (TPSA) is 80.7 Å². The number of ether oxygens (including phenoxy) is 4. The van der Waals surface area contributed by atoms with Crippen molar-refractivity contribution in [1.82, 2.24) is 9.80 Å². The first-order chi connectivity index (χ1) is 18.1. The van der Waals surface area contributed by atoms with Gasteiger partial charge in [0, 0.05) is 39.1 Å². The van der Waals surface area contributed by atoms with E-state index < -0.39 is 6.29 Å². The fourth-order valence-corrected chi connectivity index (χ4v) is 5.28. The maximum absolute atomic E-state index is 13.4. The number of hydrogen-bond donors (Lipinski definition) is 1. The maximum atomic E-state index is 13.4. The molecule has 0 bridgehead atoms. The second kappa shape index (κ2) is 10.7. The van der Waals surface area contributed by atoms with Crippen molar-refractivity contribution in [3.63, 3.8) is 0 Å². The highest BCUT2D eigenvalue weighted by Gasteiger charge is 2.38. The Kier molecular flexibility index (Phi) is 7.04. The normalized spacial score (nSPS) is 23.5. The van der Waals surface area contributed by atoms with Gasteiger partial charge in [-0.1, -0.05) is 30.3 Å². The number of aliphatic hydroxyl groups excluding tert-OH is 1. The van der Waals surface area contributed by atoms with Gasteiger partial charge in [-0.3, -0.25) is 9.69 Å². The summed E-state index contributed by atoms with van der Waals surface area (Å²) < 4.78 is 23.1. The number of nitrogens with zero attached hydrogens (tertiary/aromatic N) is 2. The van der Waals surface area contributed by atoms with E-state index in [-0.39, 0.29) is 19.3 Å². The van der Waals surface area contributed by atoms with Gasteiger partial charge in [0.25, 0.3) is 5.91 Å². The highest BCUT2D eigenvalue weighted by molar-refractivity contribution is 5.91. The molecule has 2 aromatic rings. The van der Waals surface area contributed by atoms with Crippen LogP contribution in [0.5, 0.6) is 11.5 Å². The molecule has 4 aliphatic rings. The molecule has 3 heterocycles. The van der Waals surface area contributed by atoms with Crippen LogP contribution in [0, 0.1) is 11.8 Å². The molecule has 196 valence electrons. The lowest BCUT2D eigenvalue weighted by Crippen LogP contribution is -2.49. The van der Waals surface area contributed by atoms with Crippen molar-refractivity contribution < 1.29 is 28.8 Å². The third-order valence-corrected chi connectivity index (χ3v) is 7.67. The Hall–Kier alpha value is -3.07. The zero-order valence-electron chi connectivity index (χ0n) is 21.0. The summed E-state index contributed by atoms with van der Waals surface area (Å²) in [6.45, 7) is 4.49. The number of amides is 1. The van der Waals surface area contributed by atoms with Crippen LogP contribution in [0.3, 0.4) is 0 Å². The monoisotopic (exact) mass is 506 g/mol. The highest BCUT2D eigenvalue weighted by atomic mass is 16.7. The van der Waals surface area contributed by atoms with Crippen LogP contribution < -0.4 is 9.47 Å². The molecular formula is C29H34N2O6. The molecule has 3 aliphatic heterocycles. The van der Waals surface area contributed by atoms with Gasteiger partial charge in [0.1, 0.15) is 0 Å². The van der Waals surface area contributed by atoms with Crippen LogP contribution in [0.25, 0.3) is 0 Å². The fourth-order valence-electron chi connectivity index (χ4n) is 5.28. The van der Waals surface area contributed by atoms with Gasteiger partial charge in [0.05, 0.1) is 13.2 Å². The van der Waals surface area contributed by atoms with Gasteiger partial charge in [-0.05, 0) is 59.6 Å². The number of carbonyl (C=O) groups is 1. The van der Waals surface area contributed by atoms with E-state index in [4.69, 9.17) is 18.9 Å². The first kappa shape index (κ1) is 24.3. The van der Waals surface area contributed by atoms with Gasteiger partial charge in [-0.2, -0.15) is 0 Å². The van der Waals surface area contributed by atoms with Crippen LogP contribution in [0.4, 0.5) is 0 Å². The van der Waals surface area contributed by atoms with Gasteiger partial charge in [-0.15, -0.1) is 0 Å². The molecule has 1 saturated heterocycles. The summed E-state index contributed by atoms with van der Waals surface area (Å²) in [5.74, 6) is 2.95. The van der Waals surface area contributed by atoms with E-state index in [2.05, 4.69) is 17.0 Å². The fraction of sp³-hybridized carbons (Fsp3) is 0.483. The first-order valence-corrected chi connectivity index (χ1v) is 13.2. The van der Waals surface area contributed by atoms with Crippen LogP contribution >= 0.6 is 0 Å². The summed E-state index contributed by atoms with van der Waals surface area (Å²) >= 11 is 0. The smallest absolute Gasteiger partial charge is 0.288 e. The molecule has 1 N–H and O–H groups in total. The summed E-state index contributed by atoms with van der Waals surface area (Å²) in [6, 6.07) is 13.8. The quantitative estimate of drug-likeness (QED) is 0.588. The third-order valence-electron chi connectivity index (χ3n) is 7.67. The summed E-state index contributed by atoms with van der Waals surface area (Å²) in [7, 11) is 0. The lowest BCUT2D eigenvalue weighted by Gasteiger charge is -2.36. The van der Waals surface area contributed by atoms with E-state index >= 15 is 0 Å². The Morgan fingerprint density at radius 2 is 1.68 bits per heavy atom. The summed E-state index contributed by atoms with van der Waals surface area (Å²) in [6.07, 6.45) is 4.81. The number of hydrogen-bond acceptors (Lipinski definition) is 7. The van der Waals surface area contributed by atoms with E-state index in [0.29, 0.717) is 37.3 Å². The van der Waals surface area contributed by atoms with Gasteiger partial charge in [-0.25, -0.2) is 0 Å². The van der Waals surface area contributed by atoms with Crippen LogP contribution in [0.2, 0.25) is 0 Å². The Bertz CT molecular complexity index is 1140. The maximum Gasteiger partial charge on any atom is 0.288 e. The zero-order valence-corrected chi connectivity index (χ0v) is 21.0. The molecule has 1 aliphatic carbocycles. The first-order valence-electron chi connectivity index (χ1n) is 13.2. The van der Waals surface area contributed by atoms with Crippen LogP contribution in [-0.4, -0.2) is 60.1 Å². The van der Waals surface area contributed by atoms with Gasteiger partial charge < -0.3 is 29.0 Å². The second-order valence-corrected chi connectivity index (χ2v) is 10.4. The van der Waals surface area contributed by atoms with Crippen molar-refractivity contribution in [3.05, 3.63) is 71.0 Å². The van der Waals surface area contributed by atoms with E-state index in [1.807, 2.05) is 41.3 Å². The SMILES string of the molecule is O=C(C1=C[C@H](C2CC2)C[C@H](OCc2ccc(CO)cc2)O1)N1CCN(Cc2ccc3c(c2)OCO3)CC1. The average molecular weight is 507 g/mol. The van der Waals surface area contributed by atoms with E-state index in [1.54, 1.807) is 0 Å². The Morgan fingerprint density at radius 1 is 0.946 bits per heavy atom. The average Bonchev–Trinajstić information content (AvgIpc) is 3.69. The largest absolute Gasteiger partial charge is 0.459 e. The van der Waals surface area contributed by atoms with Crippen LogP contribution in [0.15, 0.2) is 54.3 Å². The van der Waals surface area contributed by atoms with Crippen molar-refractivity contribution in [2.45, 2.75) is 45.3 Å². The highest BCUT2D eigenvalue weighted by Crippen LogP contribution is 2.43. The predicted molar refractivity (Wildman–Crippen MR) is 135 cm³/mol. The number of allylic oxidation sites excluding steroid dienone is 1. The molecular weight excluding hydrogens is 472 g/mol. The summed E-state index contributed by atoms with van der Waals surface area (Å²) in [4.78, 5) is 17.7. The molecule has 1 saturated carbocycles. The van der Waals surface area contributed by atoms with E-state index in [9.17, 15) is 9.90 Å². The van der Waals surface area contributed by atoms with Crippen LogP contribution in [-0.2, 0) is 34.0 Å². The molecule has 0 aromatic heterocycles. The minimum atomic E-state index is -0.431. The molecule has 0 unspecified atom stereocenters. The molecule has 0 radical (unpaired) electrons. The summed E-state index contributed by atoms with van der Waals surface area (Å²) in [5.41, 5.74) is 3.07. The van der Waals surface area contributed by atoms with Crippen molar-refractivity contribution in [3.8, 4) is 11.5 Å². The van der Waals surface area contributed by atoms with Crippen molar-refractivity contribution in [2.75, 3.05) is 33.0 Å². The molecule has 37 heavy (non-hydrogen) atoms. The zero-order chi connectivity index (χ0) is 25.2. The number of piperazine rings is 1. The van der Waals surface area contributed by atoms with Crippen LogP contribution in [0.1, 0.15) is 36.0 Å². The Balaban J connectivity index is 1.03. The number of benzene rings is 2. The van der Waals surface area contributed by atoms with Gasteiger partial charge in [0.15, 0.2) is 17.3 Å². The Morgan fingerprint density at radius 3 is 2.43 bits per heavy atom. The number of carbonyl (C=O) groups excluding carboxylic acids is 1. The molecule has 2 aromatic carbocycles. The third kappa shape index (κ3) is 5.76. The van der Waals surface area contributed by atoms with Crippen molar-refractivity contribution in [1.29, 1.82) is 0 Å². The molecule has 0 spiro atoms. The molecule has 8 heteroatoms. The van der Waals surface area contributed by atoms with Crippen molar-refractivity contribution >= 4 is 5.91 Å². The van der Waals surface area contributed by atoms with E-state index in [1.165, 1.54) is 18.4 Å². The minimum Gasteiger partial charge on any atom is -0.459 e. The van der Waals surface area contributed by atoms with Gasteiger partial charge in [0.2, 0.25) is 13.1 Å². The molecule has 2 fully saturated rings. The number of aliphatic hydroxyl groups is 1. The Labute approximate surface area is 217 Å². The second-order valence-electron chi connectivity index (χ2n) is 10.4. The molecule has 2 atom stereocenters. The number of rotatable bonds is 8. The molecule has 8 nitrogen and oxygen atoms in total. The van der Waals surface area contributed by atoms with Gasteiger partial charge >= 0.3 is 0 Å². The summed E-state index contributed by atoms with van der Waals surface area (Å²) in [5, 5.41) is 9.24. The predicted octanol–water partition coefficient (Wildman–Crippen LogP) is 3.43. The van der Waals surface area contributed by atoms with E-state index in [0.717, 1.165) is 48.7 Å². The number of fused-ring (bicyclic) bond motifs is 1. The van der Waals surface area contributed by atoms with Crippen molar-refractivity contribution in [2.24, 2.45) is 11.8 Å². The standard InChI is InChI=1S/C29H34N2O6/c32-17-20-1-3-21(4-2-20)18-34-28-15-24(23-6-7-23)14-27(37-28)29(33)31-11-9-30(10-12-31)16-22-5-8-25-26(13-22)36-19-35-25/h1-5,8,13-14,23-24,28,32H,6-7,9-12,15-19H2/t24-,28+/m0/s1. The lowest BCUT2D eigenvalue weighted by atomic mass is 9.96. The molecule has 6 rings (SSSR count). The minimum absolute atomic E-state index is 0.0267. The lowest BCUT2D eigenvalue weighted by molar-refractivity contribution is -0.160.